The first-order chi connectivity index (χ1) is 12.6. The maximum atomic E-state index is 12.6. The molecule has 1 aliphatic heterocycles. The summed E-state index contributed by atoms with van der Waals surface area (Å²) < 4.78 is 6.13. The van der Waals surface area contributed by atoms with Crippen molar-refractivity contribution in [1.82, 2.24) is 0 Å². The molecule has 2 aromatic rings. The zero-order valence-electron chi connectivity index (χ0n) is 15.2. The van der Waals surface area contributed by atoms with Crippen molar-refractivity contribution in [3.63, 3.8) is 0 Å². The van der Waals surface area contributed by atoms with Crippen LogP contribution in [0.2, 0.25) is 0 Å². The van der Waals surface area contributed by atoms with Crippen LogP contribution in [0.15, 0.2) is 46.9 Å². The van der Waals surface area contributed by atoms with Crippen molar-refractivity contribution in [3.8, 4) is 5.75 Å². The third-order valence-corrected chi connectivity index (χ3v) is 5.36. The summed E-state index contributed by atoms with van der Waals surface area (Å²) in [7, 11) is 1.56. The molecule has 5 nitrogen and oxygen atoms in total. The van der Waals surface area contributed by atoms with Gasteiger partial charge in [0.05, 0.1) is 45.4 Å². The van der Waals surface area contributed by atoms with Gasteiger partial charge in [-0.2, -0.15) is 0 Å². The minimum absolute atomic E-state index is 0.184. The fraction of sp³-hybridized carbons (Fsp3) is 0.350. The van der Waals surface area contributed by atoms with Gasteiger partial charge in [-0.15, -0.1) is 0 Å². The van der Waals surface area contributed by atoms with Gasteiger partial charge >= 0.3 is 0 Å². The van der Waals surface area contributed by atoms with E-state index < -0.39 is 0 Å². The van der Waals surface area contributed by atoms with E-state index in [4.69, 9.17) is 4.74 Å². The smallest absolute Gasteiger partial charge is 0.259 e. The molecule has 1 aliphatic rings. The van der Waals surface area contributed by atoms with E-state index in [1.165, 1.54) is 25.3 Å². The Kier molecular flexibility index (Phi) is 6.16. The highest BCUT2D eigenvalue weighted by Gasteiger charge is 2.19. The zero-order valence-corrected chi connectivity index (χ0v) is 16.8. The molecule has 1 fully saturated rings. The maximum absolute atomic E-state index is 12.6. The van der Waals surface area contributed by atoms with Crippen LogP contribution in [-0.4, -0.2) is 45.7 Å². The minimum atomic E-state index is -0.184. The molecule has 2 N–H and O–H groups in total. The van der Waals surface area contributed by atoms with Crippen LogP contribution < -0.4 is 19.9 Å². The molecule has 0 spiro atoms. The summed E-state index contributed by atoms with van der Waals surface area (Å²) in [6.45, 7) is 7.93. The Bertz CT molecular complexity index is 756. The summed E-state index contributed by atoms with van der Waals surface area (Å²) in [6, 6.07) is 13.4. The number of hydrogen-bond donors (Lipinski definition) is 2. The minimum Gasteiger partial charge on any atom is -0.496 e. The first-order valence-corrected chi connectivity index (χ1v) is 9.73. The standard InChI is InChI=1S/C20H24BrN3O2/c1-3-23-10-12-24(13-11-23)17-7-5-16(6-8-17)22-20(25)18-14-15(21)4-9-19(18)26-2/h4-9,14H,3,10-13H2,1-2H3,(H,22,25)/p+1. The summed E-state index contributed by atoms with van der Waals surface area (Å²) in [6.07, 6.45) is 0. The predicted molar refractivity (Wildman–Crippen MR) is 109 cm³/mol. The van der Waals surface area contributed by atoms with Gasteiger partial charge in [-0.05, 0) is 49.4 Å². The van der Waals surface area contributed by atoms with E-state index >= 15 is 0 Å². The molecule has 0 aliphatic carbocycles. The van der Waals surface area contributed by atoms with Crippen LogP contribution in [-0.2, 0) is 0 Å². The molecule has 0 atom stereocenters. The number of likely N-dealkylation sites (N-methyl/N-ethyl adjacent to an activating group) is 1. The van der Waals surface area contributed by atoms with E-state index in [1.807, 2.05) is 18.2 Å². The molecule has 1 heterocycles. The van der Waals surface area contributed by atoms with E-state index in [-0.39, 0.29) is 5.91 Å². The van der Waals surface area contributed by atoms with Gasteiger partial charge in [0.15, 0.2) is 0 Å². The van der Waals surface area contributed by atoms with Crippen LogP contribution in [0.5, 0.6) is 5.75 Å². The number of anilines is 2. The number of quaternary nitrogens is 1. The summed E-state index contributed by atoms with van der Waals surface area (Å²) in [5.41, 5.74) is 2.49. The topological polar surface area (TPSA) is 46.0 Å². The quantitative estimate of drug-likeness (QED) is 0.783. The molecule has 138 valence electrons. The van der Waals surface area contributed by atoms with Crippen LogP contribution in [0, 0.1) is 0 Å². The van der Waals surface area contributed by atoms with Crippen molar-refractivity contribution in [2.45, 2.75) is 6.92 Å². The van der Waals surface area contributed by atoms with Gasteiger partial charge in [0.25, 0.3) is 5.91 Å². The highest BCUT2D eigenvalue weighted by Crippen LogP contribution is 2.25. The molecule has 26 heavy (non-hydrogen) atoms. The third kappa shape index (κ3) is 4.37. The second kappa shape index (κ2) is 8.56. The van der Waals surface area contributed by atoms with E-state index in [0.29, 0.717) is 11.3 Å². The lowest BCUT2D eigenvalue weighted by Gasteiger charge is -2.33. The Balaban J connectivity index is 1.66. The lowest BCUT2D eigenvalue weighted by atomic mass is 10.1. The van der Waals surface area contributed by atoms with Crippen LogP contribution in [0.25, 0.3) is 0 Å². The number of carbonyl (C=O) groups is 1. The summed E-state index contributed by atoms with van der Waals surface area (Å²) in [4.78, 5) is 16.6. The normalized spacial score (nSPS) is 15.0. The second-order valence-corrected chi connectivity index (χ2v) is 7.35. The summed E-state index contributed by atoms with van der Waals surface area (Å²) >= 11 is 3.40. The molecule has 1 saturated heterocycles. The molecule has 0 aromatic heterocycles. The van der Waals surface area contributed by atoms with Crippen molar-refractivity contribution in [2.75, 3.05) is 50.1 Å². The van der Waals surface area contributed by atoms with Gasteiger partial charge in [-0.1, -0.05) is 15.9 Å². The van der Waals surface area contributed by atoms with Gasteiger partial charge in [0.2, 0.25) is 0 Å². The predicted octanol–water partition coefficient (Wildman–Crippen LogP) is 2.43. The Labute approximate surface area is 163 Å². The molecule has 2 aromatic carbocycles. The zero-order chi connectivity index (χ0) is 18.5. The van der Waals surface area contributed by atoms with Gasteiger partial charge in [0.1, 0.15) is 5.75 Å². The van der Waals surface area contributed by atoms with Crippen LogP contribution in [0.4, 0.5) is 11.4 Å². The van der Waals surface area contributed by atoms with Crippen molar-refractivity contribution in [2.24, 2.45) is 0 Å². The molecule has 0 unspecified atom stereocenters. The number of carbonyl (C=O) groups excluding carboxylic acids is 1. The Morgan fingerprint density at radius 1 is 1.19 bits per heavy atom. The Hall–Kier alpha value is -2.05. The molecular weight excluding hydrogens is 394 g/mol. The fourth-order valence-corrected chi connectivity index (χ4v) is 3.61. The summed E-state index contributed by atoms with van der Waals surface area (Å²) in [5, 5.41) is 2.94. The molecule has 1 amide bonds. The highest BCUT2D eigenvalue weighted by atomic mass is 79.9. The number of halogens is 1. The highest BCUT2D eigenvalue weighted by molar-refractivity contribution is 9.10. The van der Waals surface area contributed by atoms with Gasteiger partial charge in [-0.25, -0.2) is 0 Å². The van der Waals surface area contributed by atoms with E-state index in [1.54, 1.807) is 24.1 Å². The maximum Gasteiger partial charge on any atom is 0.259 e. The second-order valence-electron chi connectivity index (χ2n) is 6.44. The first kappa shape index (κ1) is 18.7. The number of hydrogen-bond acceptors (Lipinski definition) is 3. The van der Waals surface area contributed by atoms with Crippen molar-refractivity contribution < 1.29 is 14.4 Å². The van der Waals surface area contributed by atoms with Crippen molar-refractivity contribution in [3.05, 3.63) is 52.5 Å². The Morgan fingerprint density at radius 2 is 1.88 bits per heavy atom. The van der Waals surface area contributed by atoms with Gasteiger partial charge < -0.3 is 19.9 Å². The largest absolute Gasteiger partial charge is 0.496 e. The number of nitrogens with one attached hydrogen (secondary N) is 2. The lowest BCUT2D eigenvalue weighted by molar-refractivity contribution is -0.898. The average Bonchev–Trinajstić information content (AvgIpc) is 2.68. The third-order valence-electron chi connectivity index (χ3n) is 4.87. The number of amides is 1. The molecule has 0 bridgehead atoms. The van der Waals surface area contributed by atoms with Gasteiger partial charge in [-0.3, -0.25) is 4.79 Å². The van der Waals surface area contributed by atoms with Crippen molar-refractivity contribution in [1.29, 1.82) is 0 Å². The molecular formula is C20H25BrN3O2+. The fourth-order valence-electron chi connectivity index (χ4n) is 3.25. The summed E-state index contributed by atoms with van der Waals surface area (Å²) in [5.74, 6) is 0.370. The number of ether oxygens (including phenoxy) is 1. The Morgan fingerprint density at radius 3 is 2.50 bits per heavy atom. The van der Waals surface area contributed by atoms with E-state index in [2.05, 4.69) is 45.2 Å². The van der Waals surface area contributed by atoms with Crippen LogP contribution in [0.1, 0.15) is 17.3 Å². The number of methoxy groups -OCH3 is 1. The first-order valence-electron chi connectivity index (χ1n) is 8.94. The van der Waals surface area contributed by atoms with Crippen LogP contribution >= 0.6 is 15.9 Å². The number of piperazine rings is 1. The average molecular weight is 419 g/mol. The number of benzene rings is 2. The molecule has 3 rings (SSSR count). The SMILES string of the molecule is CC[NH+]1CCN(c2ccc(NC(=O)c3cc(Br)ccc3OC)cc2)CC1. The number of nitrogens with zero attached hydrogens (tertiary/aromatic N) is 1. The van der Waals surface area contributed by atoms with E-state index in [0.717, 1.165) is 23.2 Å². The lowest BCUT2D eigenvalue weighted by Crippen LogP contribution is -3.14. The van der Waals surface area contributed by atoms with Crippen LogP contribution in [0.3, 0.4) is 0 Å². The molecule has 0 saturated carbocycles. The van der Waals surface area contributed by atoms with Crippen molar-refractivity contribution >= 4 is 33.2 Å². The molecule has 6 heteroatoms. The van der Waals surface area contributed by atoms with Gasteiger partial charge in [0, 0.05) is 15.8 Å². The monoisotopic (exact) mass is 418 g/mol. The number of rotatable bonds is 5. The molecule has 0 radical (unpaired) electrons. The van der Waals surface area contributed by atoms with E-state index in [9.17, 15) is 4.79 Å².